The molecule has 1 heterocycles. The summed E-state index contributed by atoms with van der Waals surface area (Å²) in [6.07, 6.45) is 1.66. The van der Waals surface area contributed by atoms with E-state index in [9.17, 15) is 0 Å². The molecule has 0 aromatic carbocycles. The van der Waals surface area contributed by atoms with Crippen molar-refractivity contribution in [3.63, 3.8) is 0 Å². The molecule has 0 aliphatic carbocycles. The molecule has 0 saturated heterocycles. The Bertz CT molecular complexity index is 322. The van der Waals surface area contributed by atoms with E-state index >= 15 is 0 Å². The molecule has 0 aliphatic rings. The van der Waals surface area contributed by atoms with E-state index in [-0.39, 0.29) is 0 Å². The second kappa shape index (κ2) is 7.11. The summed E-state index contributed by atoms with van der Waals surface area (Å²) >= 11 is 3.50. The van der Waals surface area contributed by atoms with Crippen LogP contribution in [0.25, 0.3) is 0 Å². The van der Waals surface area contributed by atoms with Crippen molar-refractivity contribution >= 4 is 15.9 Å². The van der Waals surface area contributed by atoms with Gasteiger partial charge in [-0.15, -0.1) is 0 Å². The Morgan fingerprint density at radius 3 is 2.59 bits per heavy atom. The third-order valence-corrected chi connectivity index (χ3v) is 3.03. The Hall–Kier alpha value is -0.420. The monoisotopic (exact) mass is 302 g/mol. The molecule has 0 bridgehead atoms. The van der Waals surface area contributed by atoms with Crippen LogP contribution in [0.3, 0.4) is 0 Å². The average Bonchev–Trinajstić information content (AvgIpc) is 2.64. The number of aromatic nitrogens is 3. The third-order valence-electron chi connectivity index (χ3n) is 2.68. The first-order valence-corrected chi connectivity index (χ1v) is 7.33. The van der Waals surface area contributed by atoms with Crippen molar-refractivity contribution in [2.24, 2.45) is 5.92 Å². The minimum Gasteiger partial charge on any atom is -0.293 e. The zero-order valence-electron chi connectivity index (χ0n) is 11.2. The first-order chi connectivity index (χ1) is 8.04. The summed E-state index contributed by atoms with van der Waals surface area (Å²) < 4.78 is 2.02. The van der Waals surface area contributed by atoms with Crippen molar-refractivity contribution in [1.82, 2.24) is 19.7 Å². The van der Waals surface area contributed by atoms with Crippen molar-refractivity contribution in [2.75, 3.05) is 11.9 Å². The number of rotatable bonds is 7. The molecule has 0 N–H and O–H groups in total. The van der Waals surface area contributed by atoms with Crippen LogP contribution >= 0.6 is 15.9 Å². The maximum Gasteiger partial charge on any atom is 0.141 e. The normalized spacial score (nSPS) is 12.0. The van der Waals surface area contributed by atoms with Crippen LogP contribution in [0, 0.1) is 5.92 Å². The van der Waals surface area contributed by atoms with E-state index in [0.717, 1.165) is 30.8 Å². The maximum absolute atomic E-state index is 4.37. The van der Waals surface area contributed by atoms with Crippen LogP contribution in [0.5, 0.6) is 0 Å². The van der Waals surface area contributed by atoms with E-state index in [4.69, 9.17) is 0 Å². The Morgan fingerprint density at radius 2 is 2.06 bits per heavy atom. The standard InChI is InChI=1S/C12H23BrN4/c1-10(2)7-17-12(14-9-15-17)8-16(6-5-13)11(3)4/h9-11H,5-8H2,1-4H3. The first-order valence-electron chi connectivity index (χ1n) is 6.21. The van der Waals surface area contributed by atoms with Gasteiger partial charge in [0.05, 0.1) is 6.54 Å². The average molecular weight is 303 g/mol. The highest BCUT2D eigenvalue weighted by atomic mass is 79.9. The zero-order valence-corrected chi connectivity index (χ0v) is 12.8. The van der Waals surface area contributed by atoms with Crippen molar-refractivity contribution < 1.29 is 0 Å². The minimum absolute atomic E-state index is 0.525. The second-order valence-electron chi connectivity index (χ2n) is 5.01. The zero-order chi connectivity index (χ0) is 12.8. The van der Waals surface area contributed by atoms with Gasteiger partial charge in [-0.1, -0.05) is 29.8 Å². The Kier molecular flexibility index (Phi) is 6.12. The first kappa shape index (κ1) is 14.6. The molecule has 17 heavy (non-hydrogen) atoms. The van der Waals surface area contributed by atoms with Crippen LogP contribution < -0.4 is 0 Å². The lowest BCUT2D eigenvalue weighted by Gasteiger charge is -2.25. The third kappa shape index (κ3) is 4.76. The highest BCUT2D eigenvalue weighted by Gasteiger charge is 2.13. The van der Waals surface area contributed by atoms with E-state index in [1.54, 1.807) is 6.33 Å². The van der Waals surface area contributed by atoms with E-state index in [0.29, 0.717) is 12.0 Å². The number of hydrogen-bond donors (Lipinski definition) is 0. The molecule has 1 aromatic rings. The Balaban J connectivity index is 2.68. The molecule has 4 nitrogen and oxygen atoms in total. The second-order valence-corrected chi connectivity index (χ2v) is 5.80. The van der Waals surface area contributed by atoms with Gasteiger partial charge in [0, 0.05) is 24.5 Å². The molecule has 1 aromatic heterocycles. The SMILES string of the molecule is CC(C)Cn1ncnc1CN(CCBr)C(C)C. The molecule has 1 rings (SSSR count). The van der Waals surface area contributed by atoms with Gasteiger partial charge >= 0.3 is 0 Å². The quantitative estimate of drug-likeness (QED) is 0.726. The molecule has 98 valence electrons. The van der Waals surface area contributed by atoms with E-state index in [1.165, 1.54) is 0 Å². The highest BCUT2D eigenvalue weighted by Crippen LogP contribution is 2.08. The van der Waals surface area contributed by atoms with E-state index in [2.05, 4.69) is 58.6 Å². The van der Waals surface area contributed by atoms with Crippen molar-refractivity contribution in [2.45, 2.75) is 46.8 Å². The van der Waals surface area contributed by atoms with Crippen LogP contribution in [0.15, 0.2) is 6.33 Å². The van der Waals surface area contributed by atoms with Crippen molar-refractivity contribution in [3.8, 4) is 0 Å². The largest absolute Gasteiger partial charge is 0.293 e. The van der Waals surface area contributed by atoms with Gasteiger partial charge in [-0.2, -0.15) is 5.10 Å². The van der Waals surface area contributed by atoms with Gasteiger partial charge in [0.15, 0.2) is 0 Å². The highest BCUT2D eigenvalue weighted by molar-refractivity contribution is 9.09. The molecule has 0 saturated carbocycles. The molecule has 5 heteroatoms. The topological polar surface area (TPSA) is 34.0 Å². The van der Waals surface area contributed by atoms with Crippen LogP contribution in [0.2, 0.25) is 0 Å². The maximum atomic E-state index is 4.37. The number of hydrogen-bond acceptors (Lipinski definition) is 3. The Labute approximate surface area is 113 Å². The van der Waals surface area contributed by atoms with Gasteiger partial charge < -0.3 is 0 Å². The van der Waals surface area contributed by atoms with Gasteiger partial charge in [0.2, 0.25) is 0 Å². The Morgan fingerprint density at radius 1 is 1.35 bits per heavy atom. The van der Waals surface area contributed by atoms with Gasteiger partial charge in [0.25, 0.3) is 0 Å². The molecule has 0 aliphatic heterocycles. The summed E-state index contributed by atoms with van der Waals surface area (Å²) in [5.74, 6) is 1.66. The van der Waals surface area contributed by atoms with Gasteiger partial charge in [-0.3, -0.25) is 4.90 Å². The molecule has 0 unspecified atom stereocenters. The fraction of sp³-hybridized carbons (Fsp3) is 0.833. The predicted octanol–water partition coefficient (Wildman–Crippen LogP) is 2.54. The fourth-order valence-electron chi connectivity index (χ4n) is 1.72. The summed E-state index contributed by atoms with van der Waals surface area (Å²) in [5.41, 5.74) is 0. The van der Waals surface area contributed by atoms with Crippen molar-refractivity contribution in [1.29, 1.82) is 0 Å². The van der Waals surface area contributed by atoms with Gasteiger partial charge in [-0.05, 0) is 19.8 Å². The van der Waals surface area contributed by atoms with Crippen LogP contribution in [0.4, 0.5) is 0 Å². The number of halogens is 1. The summed E-state index contributed by atoms with van der Waals surface area (Å²) in [6.45, 7) is 11.7. The lowest BCUT2D eigenvalue weighted by Crippen LogP contribution is -2.33. The summed E-state index contributed by atoms with van der Waals surface area (Å²) in [6, 6.07) is 0.525. The molecule has 0 spiro atoms. The molecule has 0 fully saturated rings. The molecule has 0 amide bonds. The van der Waals surface area contributed by atoms with Crippen molar-refractivity contribution in [3.05, 3.63) is 12.2 Å². The number of nitrogens with zero attached hydrogens (tertiary/aromatic N) is 4. The van der Waals surface area contributed by atoms with Gasteiger partial charge in [0.1, 0.15) is 12.2 Å². The molecule has 0 radical (unpaired) electrons. The van der Waals surface area contributed by atoms with Crippen LogP contribution in [0.1, 0.15) is 33.5 Å². The minimum atomic E-state index is 0.525. The van der Waals surface area contributed by atoms with Crippen LogP contribution in [-0.4, -0.2) is 37.6 Å². The lowest BCUT2D eigenvalue weighted by atomic mass is 10.2. The van der Waals surface area contributed by atoms with E-state index in [1.807, 2.05) is 4.68 Å². The summed E-state index contributed by atoms with van der Waals surface area (Å²) in [4.78, 5) is 6.77. The summed E-state index contributed by atoms with van der Waals surface area (Å²) in [5, 5.41) is 5.29. The lowest BCUT2D eigenvalue weighted by molar-refractivity contribution is 0.216. The molecular formula is C12H23BrN4. The van der Waals surface area contributed by atoms with E-state index < -0.39 is 0 Å². The van der Waals surface area contributed by atoms with Crippen LogP contribution in [-0.2, 0) is 13.1 Å². The fourth-order valence-corrected chi connectivity index (χ4v) is 2.17. The number of alkyl halides is 1. The van der Waals surface area contributed by atoms with Gasteiger partial charge in [-0.25, -0.2) is 9.67 Å². The molecule has 0 atom stereocenters. The predicted molar refractivity (Wildman–Crippen MR) is 74.2 cm³/mol. The molecular weight excluding hydrogens is 280 g/mol. The smallest absolute Gasteiger partial charge is 0.141 e. The summed E-state index contributed by atoms with van der Waals surface area (Å²) in [7, 11) is 0.